The third-order valence-electron chi connectivity index (χ3n) is 3.62. The molecule has 3 nitrogen and oxygen atoms in total. The molecule has 0 aromatic carbocycles. The van der Waals surface area contributed by atoms with E-state index in [2.05, 4.69) is 14.9 Å². The van der Waals surface area contributed by atoms with Gasteiger partial charge in [-0.05, 0) is 31.6 Å². The van der Waals surface area contributed by atoms with Crippen LogP contribution < -0.4 is 4.90 Å². The Morgan fingerprint density at radius 2 is 1.87 bits per heavy atom. The second-order valence-electron chi connectivity index (χ2n) is 4.50. The first-order chi connectivity index (χ1) is 7.34. The van der Waals surface area contributed by atoms with Gasteiger partial charge in [-0.2, -0.15) is 0 Å². The largest absolute Gasteiger partial charge is 0.351 e. The molecule has 1 aliphatic carbocycles. The minimum atomic E-state index is 0.546. The lowest BCUT2D eigenvalue weighted by atomic mass is 9.80. The van der Waals surface area contributed by atoms with Crippen LogP contribution in [0.15, 0.2) is 12.4 Å². The number of nitrogens with zero attached hydrogens (tertiary/aromatic N) is 3. The zero-order valence-electron chi connectivity index (χ0n) is 8.56. The molecule has 3 heterocycles. The van der Waals surface area contributed by atoms with E-state index >= 15 is 0 Å². The van der Waals surface area contributed by atoms with Crippen LogP contribution in [-0.4, -0.2) is 22.6 Å². The molecule has 0 spiro atoms. The van der Waals surface area contributed by atoms with Gasteiger partial charge in [0.1, 0.15) is 0 Å². The minimum Gasteiger partial charge on any atom is -0.351 e. The van der Waals surface area contributed by atoms with Crippen molar-refractivity contribution >= 4 is 17.4 Å². The highest BCUT2D eigenvalue weighted by Crippen LogP contribution is 2.38. The lowest BCUT2D eigenvalue weighted by Crippen LogP contribution is -2.48. The van der Waals surface area contributed by atoms with Crippen LogP contribution in [0, 0.1) is 5.92 Å². The second-order valence-corrected chi connectivity index (χ2v) is 4.86. The van der Waals surface area contributed by atoms with Crippen LogP contribution in [0.5, 0.6) is 0 Å². The number of fused-ring (bicyclic) bond motifs is 3. The zero-order chi connectivity index (χ0) is 10.3. The molecule has 3 aliphatic rings. The number of aromatic nitrogens is 2. The third kappa shape index (κ3) is 1.59. The Morgan fingerprint density at radius 1 is 1.13 bits per heavy atom. The molecule has 0 N–H and O–H groups in total. The maximum Gasteiger partial charge on any atom is 0.171 e. The van der Waals surface area contributed by atoms with Gasteiger partial charge in [-0.1, -0.05) is 11.6 Å². The molecule has 0 unspecified atom stereocenters. The van der Waals surface area contributed by atoms with Crippen molar-refractivity contribution in [3.63, 3.8) is 0 Å². The third-order valence-corrected chi connectivity index (χ3v) is 3.89. The Hall–Kier alpha value is -0.830. The van der Waals surface area contributed by atoms with E-state index in [-0.39, 0.29) is 0 Å². The lowest BCUT2D eigenvalue weighted by molar-refractivity contribution is 0.250. The predicted molar refractivity (Wildman–Crippen MR) is 60.1 cm³/mol. The van der Waals surface area contributed by atoms with Crippen molar-refractivity contribution < 1.29 is 0 Å². The van der Waals surface area contributed by atoms with E-state index in [9.17, 15) is 0 Å². The van der Waals surface area contributed by atoms with Crippen molar-refractivity contribution in [2.24, 2.45) is 5.92 Å². The molecule has 0 amide bonds. The van der Waals surface area contributed by atoms with Crippen LogP contribution >= 0.6 is 11.6 Å². The van der Waals surface area contributed by atoms with Gasteiger partial charge in [-0.15, -0.1) is 0 Å². The molecule has 2 bridgehead atoms. The summed E-state index contributed by atoms with van der Waals surface area (Å²) in [5, 5.41) is 0.546. The Kier molecular flexibility index (Phi) is 2.28. The fourth-order valence-corrected chi connectivity index (χ4v) is 3.05. The summed E-state index contributed by atoms with van der Waals surface area (Å²) in [5.41, 5.74) is 0. The van der Waals surface area contributed by atoms with Crippen molar-refractivity contribution in [3.8, 4) is 0 Å². The van der Waals surface area contributed by atoms with Crippen LogP contribution in [0.4, 0.5) is 5.82 Å². The van der Waals surface area contributed by atoms with Gasteiger partial charge in [-0.25, -0.2) is 9.97 Å². The number of anilines is 1. The van der Waals surface area contributed by atoms with Crippen LogP contribution in [0.25, 0.3) is 0 Å². The van der Waals surface area contributed by atoms with Crippen LogP contribution in [0.3, 0.4) is 0 Å². The predicted octanol–water partition coefficient (Wildman–Crippen LogP) is 2.51. The van der Waals surface area contributed by atoms with Crippen LogP contribution in [0.2, 0.25) is 5.15 Å². The van der Waals surface area contributed by atoms with Crippen molar-refractivity contribution in [2.75, 3.05) is 11.4 Å². The van der Waals surface area contributed by atoms with Gasteiger partial charge in [0.2, 0.25) is 0 Å². The maximum atomic E-state index is 6.08. The fraction of sp³-hybridized carbons (Fsp3) is 0.636. The van der Waals surface area contributed by atoms with Gasteiger partial charge in [-0.3, -0.25) is 0 Å². The first-order valence-corrected chi connectivity index (χ1v) is 5.95. The van der Waals surface area contributed by atoms with Crippen molar-refractivity contribution in [1.29, 1.82) is 0 Å². The SMILES string of the molecule is Clc1nccnc1N1CC2CCC1CC2. The smallest absolute Gasteiger partial charge is 0.171 e. The molecule has 4 rings (SSSR count). The molecule has 80 valence electrons. The summed E-state index contributed by atoms with van der Waals surface area (Å²) in [5.74, 6) is 1.72. The lowest BCUT2D eigenvalue weighted by Gasteiger charge is -2.46. The standard InChI is InChI=1S/C11H14ClN3/c12-10-11(14-6-5-13-10)15-7-8-1-3-9(15)4-2-8/h5-6,8-9H,1-4,7H2. The van der Waals surface area contributed by atoms with Crippen LogP contribution in [-0.2, 0) is 0 Å². The van der Waals surface area contributed by atoms with E-state index < -0.39 is 0 Å². The van der Waals surface area contributed by atoms with Gasteiger partial charge >= 0.3 is 0 Å². The molecule has 1 aromatic heterocycles. The molecule has 1 saturated carbocycles. The molecule has 0 atom stereocenters. The van der Waals surface area contributed by atoms with Crippen LogP contribution in [0.1, 0.15) is 25.7 Å². The van der Waals surface area contributed by atoms with E-state index in [0.717, 1.165) is 18.3 Å². The molecular weight excluding hydrogens is 210 g/mol. The summed E-state index contributed by atoms with van der Waals surface area (Å²) in [6, 6.07) is 0.643. The summed E-state index contributed by atoms with van der Waals surface area (Å²) < 4.78 is 0. The average Bonchev–Trinajstić information content (AvgIpc) is 2.31. The van der Waals surface area contributed by atoms with Gasteiger partial charge in [0.05, 0.1) is 0 Å². The number of hydrogen-bond acceptors (Lipinski definition) is 3. The molecular formula is C11H14ClN3. The average molecular weight is 224 g/mol. The van der Waals surface area contributed by atoms with E-state index in [1.807, 2.05) is 0 Å². The topological polar surface area (TPSA) is 29.0 Å². The van der Waals surface area contributed by atoms with Gasteiger partial charge in [0.25, 0.3) is 0 Å². The summed E-state index contributed by atoms with van der Waals surface area (Å²) in [6.07, 6.45) is 8.70. The van der Waals surface area contributed by atoms with E-state index in [1.165, 1.54) is 25.7 Å². The highest BCUT2D eigenvalue weighted by molar-refractivity contribution is 6.31. The number of hydrogen-bond donors (Lipinski definition) is 0. The minimum absolute atomic E-state index is 0.546. The summed E-state index contributed by atoms with van der Waals surface area (Å²) in [6.45, 7) is 1.11. The number of piperidine rings is 2. The van der Waals surface area contributed by atoms with Gasteiger partial charge in [0.15, 0.2) is 11.0 Å². The molecule has 3 fully saturated rings. The van der Waals surface area contributed by atoms with Crippen molar-refractivity contribution in [2.45, 2.75) is 31.7 Å². The van der Waals surface area contributed by atoms with Gasteiger partial charge in [0, 0.05) is 25.0 Å². The molecule has 2 aliphatic heterocycles. The quantitative estimate of drug-likeness (QED) is 0.733. The molecule has 1 aromatic rings. The molecule has 4 heteroatoms. The number of halogens is 1. The normalized spacial score (nSPS) is 29.5. The Morgan fingerprint density at radius 3 is 2.47 bits per heavy atom. The highest BCUT2D eigenvalue weighted by atomic mass is 35.5. The Bertz CT molecular complexity index is 361. The first kappa shape index (κ1) is 9.40. The molecule has 2 saturated heterocycles. The summed E-state index contributed by atoms with van der Waals surface area (Å²) >= 11 is 6.08. The Labute approximate surface area is 94.5 Å². The summed E-state index contributed by atoms with van der Waals surface area (Å²) in [4.78, 5) is 10.8. The van der Waals surface area contributed by atoms with E-state index in [4.69, 9.17) is 11.6 Å². The second kappa shape index (κ2) is 3.63. The highest BCUT2D eigenvalue weighted by Gasteiger charge is 2.35. The zero-order valence-corrected chi connectivity index (χ0v) is 9.32. The van der Waals surface area contributed by atoms with Crippen molar-refractivity contribution in [3.05, 3.63) is 17.5 Å². The van der Waals surface area contributed by atoms with Crippen molar-refractivity contribution in [1.82, 2.24) is 9.97 Å². The van der Waals surface area contributed by atoms with E-state index in [1.54, 1.807) is 12.4 Å². The molecule has 0 radical (unpaired) electrons. The number of rotatable bonds is 1. The first-order valence-electron chi connectivity index (χ1n) is 5.58. The Balaban J connectivity index is 1.91. The summed E-state index contributed by atoms with van der Waals surface area (Å²) in [7, 11) is 0. The van der Waals surface area contributed by atoms with Gasteiger partial charge < -0.3 is 4.90 Å². The molecule has 15 heavy (non-hydrogen) atoms. The maximum absolute atomic E-state index is 6.08. The fourth-order valence-electron chi connectivity index (χ4n) is 2.83. The van der Waals surface area contributed by atoms with E-state index in [0.29, 0.717) is 11.2 Å². The monoisotopic (exact) mass is 223 g/mol.